The molecule has 0 radical (unpaired) electrons. The van der Waals surface area contributed by atoms with Gasteiger partial charge in [0.05, 0.1) is 28.4 Å². The summed E-state index contributed by atoms with van der Waals surface area (Å²) in [4.78, 5) is 11.0. The number of carbonyl (C=O) groups excluding carboxylic acids is 1. The van der Waals surface area contributed by atoms with Crippen molar-refractivity contribution < 1.29 is 14.3 Å². The monoisotopic (exact) mass is 294 g/mol. The van der Waals surface area contributed by atoms with E-state index in [0.717, 1.165) is 6.07 Å². The van der Waals surface area contributed by atoms with E-state index in [1.165, 1.54) is 13.0 Å². The number of benzene rings is 1. The van der Waals surface area contributed by atoms with Crippen molar-refractivity contribution in [3.8, 4) is 0 Å². The Morgan fingerprint density at radius 3 is 2.72 bits per heavy atom. The second-order valence-corrected chi connectivity index (χ2v) is 4.40. The van der Waals surface area contributed by atoms with Crippen molar-refractivity contribution in [2.24, 2.45) is 0 Å². The van der Waals surface area contributed by atoms with E-state index in [4.69, 9.17) is 23.2 Å². The third-order valence-corrected chi connectivity index (χ3v) is 2.72. The van der Waals surface area contributed by atoms with Crippen LogP contribution in [0.5, 0.6) is 0 Å². The first-order chi connectivity index (χ1) is 8.43. The fourth-order valence-electron chi connectivity index (χ4n) is 1.27. The quantitative estimate of drug-likeness (QED) is 0.731. The van der Waals surface area contributed by atoms with E-state index >= 15 is 0 Å². The Bertz CT molecular complexity index is 443. The van der Waals surface area contributed by atoms with Crippen molar-refractivity contribution in [1.82, 2.24) is 0 Å². The maximum absolute atomic E-state index is 13.3. The van der Waals surface area contributed by atoms with E-state index in [2.05, 4.69) is 10.6 Å². The van der Waals surface area contributed by atoms with Crippen LogP contribution in [0.2, 0.25) is 5.02 Å². The van der Waals surface area contributed by atoms with Gasteiger partial charge in [-0.1, -0.05) is 11.6 Å². The number of hydrogen-bond donors (Lipinski definition) is 3. The van der Waals surface area contributed by atoms with Crippen LogP contribution in [0.4, 0.5) is 15.8 Å². The molecule has 0 bridgehead atoms. The lowest BCUT2D eigenvalue weighted by Gasteiger charge is -2.15. The zero-order valence-corrected chi connectivity index (χ0v) is 11.1. The van der Waals surface area contributed by atoms with Gasteiger partial charge in [0.2, 0.25) is 5.91 Å². The van der Waals surface area contributed by atoms with Crippen molar-refractivity contribution >= 4 is 40.5 Å². The number of amides is 1. The molecule has 100 valence electrons. The average molecular weight is 295 g/mol. The van der Waals surface area contributed by atoms with Crippen LogP contribution in [0.25, 0.3) is 0 Å². The topological polar surface area (TPSA) is 61.4 Å². The molecule has 0 spiro atoms. The standard InChI is InChI=1S/C11H13Cl2FN2O2/c1-6(17)16-11-2-8(13)9(14)3-10(11)15-5-7(18)4-12/h2-3,7,15,18H,4-5H2,1H3,(H,16,17). The molecule has 0 aromatic heterocycles. The molecule has 1 rings (SSSR count). The lowest BCUT2D eigenvalue weighted by atomic mass is 10.2. The molecule has 0 aliphatic carbocycles. The third kappa shape index (κ3) is 4.33. The lowest BCUT2D eigenvalue weighted by Crippen LogP contribution is -2.21. The normalized spacial score (nSPS) is 12.1. The smallest absolute Gasteiger partial charge is 0.221 e. The molecule has 1 aromatic rings. The first-order valence-corrected chi connectivity index (χ1v) is 6.09. The van der Waals surface area contributed by atoms with Crippen molar-refractivity contribution in [1.29, 1.82) is 0 Å². The first kappa shape index (κ1) is 15.0. The van der Waals surface area contributed by atoms with Gasteiger partial charge in [0.25, 0.3) is 0 Å². The predicted molar refractivity (Wildman–Crippen MR) is 70.9 cm³/mol. The number of alkyl halides is 1. The largest absolute Gasteiger partial charge is 0.390 e. The van der Waals surface area contributed by atoms with E-state index in [-0.39, 0.29) is 23.4 Å². The van der Waals surface area contributed by atoms with Gasteiger partial charge in [-0.3, -0.25) is 4.79 Å². The summed E-state index contributed by atoms with van der Waals surface area (Å²) in [6.45, 7) is 1.46. The molecule has 3 N–H and O–H groups in total. The maximum Gasteiger partial charge on any atom is 0.221 e. The Morgan fingerprint density at radius 1 is 1.50 bits per heavy atom. The Morgan fingerprint density at radius 2 is 2.17 bits per heavy atom. The van der Waals surface area contributed by atoms with Gasteiger partial charge in [0.15, 0.2) is 0 Å². The van der Waals surface area contributed by atoms with Crippen molar-refractivity contribution in [3.63, 3.8) is 0 Å². The molecular weight excluding hydrogens is 282 g/mol. The van der Waals surface area contributed by atoms with Crippen LogP contribution >= 0.6 is 23.2 Å². The molecule has 1 atom stereocenters. The molecule has 0 heterocycles. The Labute approximate surface area is 114 Å². The number of carbonyl (C=O) groups is 1. The summed E-state index contributed by atoms with van der Waals surface area (Å²) < 4.78 is 13.3. The molecule has 1 aromatic carbocycles. The van der Waals surface area contributed by atoms with Crippen LogP contribution in [0.3, 0.4) is 0 Å². The van der Waals surface area contributed by atoms with Gasteiger partial charge in [-0.2, -0.15) is 0 Å². The summed E-state index contributed by atoms with van der Waals surface area (Å²) in [6.07, 6.45) is -0.768. The Balaban J connectivity index is 2.92. The Hall–Kier alpha value is -1.04. The molecule has 0 saturated carbocycles. The van der Waals surface area contributed by atoms with E-state index < -0.39 is 11.9 Å². The minimum absolute atomic E-state index is 0.0541. The molecule has 0 aliphatic heterocycles. The number of hydrogen-bond acceptors (Lipinski definition) is 3. The van der Waals surface area contributed by atoms with Crippen molar-refractivity contribution in [2.45, 2.75) is 13.0 Å². The minimum Gasteiger partial charge on any atom is -0.390 e. The van der Waals surface area contributed by atoms with Crippen LogP contribution in [-0.4, -0.2) is 29.5 Å². The summed E-state index contributed by atoms with van der Waals surface area (Å²) >= 11 is 11.1. The number of rotatable bonds is 5. The van der Waals surface area contributed by atoms with Crippen molar-refractivity contribution in [3.05, 3.63) is 23.0 Å². The van der Waals surface area contributed by atoms with Crippen LogP contribution in [-0.2, 0) is 4.79 Å². The summed E-state index contributed by atoms with van der Waals surface area (Å²) in [5.41, 5.74) is 0.673. The molecule has 0 saturated heterocycles. The van der Waals surface area contributed by atoms with E-state index in [0.29, 0.717) is 11.4 Å². The van der Waals surface area contributed by atoms with Crippen LogP contribution in [0.15, 0.2) is 12.1 Å². The fourth-order valence-corrected chi connectivity index (χ4v) is 1.54. The molecule has 1 unspecified atom stereocenters. The second-order valence-electron chi connectivity index (χ2n) is 3.68. The number of anilines is 2. The highest BCUT2D eigenvalue weighted by Crippen LogP contribution is 2.28. The zero-order chi connectivity index (χ0) is 13.7. The zero-order valence-electron chi connectivity index (χ0n) is 9.64. The number of aliphatic hydroxyl groups is 1. The van der Waals surface area contributed by atoms with E-state index in [1.54, 1.807) is 0 Å². The first-order valence-electron chi connectivity index (χ1n) is 5.18. The van der Waals surface area contributed by atoms with Gasteiger partial charge < -0.3 is 15.7 Å². The lowest BCUT2D eigenvalue weighted by molar-refractivity contribution is -0.114. The summed E-state index contributed by atoms with van der Waals surface area (Å²) in [7, 11) is 0. The molecule has 0 aliphatic rings. The highest BCUT2D eigenvalue weighted by atomic mass is 35.5. The number of aliphatic hydroxyl groups excluding tert-OH is 1. The molecule has 0 fully saturated rings. The average Bonchev–Trinajstić information content (AvgIpc) is 2.30. The van der Waals surface area contributed by atoms with Crippen LogP contribution in [0, 0.1) is 5.82 Å². The van der Waals surface area contributed by atoms with E-state index in [9.17, 15) is 14.3 Å². The van der Waals surface area contributed by atoms with Crippen molar-refractivity contribution in [2.75, 3.05) is 23.1 Å². The minimum atomic E-state index is -0.768. The predicted octanol–water partition coefficient (Wildman–Crippen LogP) is 2.45. The summed E-state index contributed by atoms with van der Waals surface area (Å²) in [5, 5.41) is 14.5. The van der Waals surface area contributed by atoms with Gasteiger partial charge in [-0.15, -0.1) is 11.6 Å². The fraction of sp³-hybridized carbons (Fsp3) is 0.364. The van der Waals surface area contributed by atoms with Gasteiger partial charge in [-0.25, -0.2) is 4.39 Å². The SMILES string of the molecule is CC(=O)Nc1cc(Cl)c(F)cc1NCC(O)CCl. The molecular formula is C11H13Cl2FN2O2. The van der Waals surface area contributed by atoms with Gasteiger partial charge in [0.1, 0.15) is 5.82 Å². The molecule has 4 nitrogen and oxygen atoms in total. The molecule has 18 heavy (non-hydrogen) atoms. The van der Waals surface area contributed by atoms with Gasteiger partial charge in [-0.05, 0) is 6.07 Å². The highest BCUT2D eigenvalue weighted by Gasteiger charge is 2.11. The second kappa shape index (κ2) is 6.78. The third-order valence-electron chi connectivity index (χ3n) is 2.08. The summed E-state index contributed by atoms with van der Waals surface area (Å²) in [6, 6.07) is 2.45. The maximum atomic E-state index is 13.3. The summed E-state index contributed by atoms with van der Waals surface area (Å²) in [5.74, 6) is -0.870. The number of nitrogens with one attached hydrogen (secondary N) is 2. The highest BCUT2D eigenvalue weighted by molar-refractivity contribution is 6.31. The van der Waals surface area contributed by atoms with Crippen LogP contribution in [0.1, 0.15) is 6.92 Å². The van der Waals surface area contributed by atoms with Gasteiger partial charge in [0, 0.05) is 19.5 Å². The molecule has 7 heteroatoms. The Kier molecular flexibility index (Phi) is 5.65. The number of halogens is 3. The molecule has 1 amide bonds. The van der Waals surface area contributed by atoms with Gasteiger partial charge >= 0.3 is 0 Å². The van der Waals surface area contributed by atoms with Crippen LogP contribution < -0.4 is 10.6 Å². The van der Waals surface area contributed by atoms with E-state index in [1.807, 2.05) is 0 Å².